The Morgan fingerprint density at radius 3 is 2.81 bits per heavy atom. The number of unbranched alkanes of at least 4 members (excludes halogenated alkanes) is 1. The molecule has 21 heavy (non-hydrogen) atoms. The van der Waals surface area contributed by atoms with Crippen molar-refractivity contribution in [2.24, 2.45) is 4.99 Å². The van der Waals surface area contributed by atoms with Gasteiger partial charge in [-0.2, -0.15) is 13.2 Å². The third-order valence-electron chi connectivity index (χ3n) is 3.42. The minimum absolute atomic E-state index is 0.0470. The first-order valence-electron chi connectivity index (χ1n) is 6.53. The molecule has 0 bridgehead atoms. The van der Waals surface area contributed by atoms with E-state index in [1.54, 1.807) is 0 Å². The summed E-state index contributed by atoms with van der Waals surface area (Å²) < 4.78 is 41.2. The van der Waals surface area contributed by atoms with Crippen LogP contribution in [-0.4, -0.2) is 31.1 Å². The summed E-state index contributed by atoms with van der Waals surface area (Å²) in [4.78, 5) is 15.8. The Morgan fingerprint density at radius 1 is 1.38 bits per heavy atom. The van der Waals surface area contributed by atoms with Crippen LogP contribution in [0.15, 0.2) is 16.1 Å². The molecule has 0 saturated carbocycles. The number of aromatic nitrogens is 4. The highest BCUT2D eigenvalue weighted by atomic mass is 19.4. The number of alkyl halides is 3. The highest BCUT2D eigenvalue weighted by Gasteiger charge is 2.40. The molecule has 0 atom stereocenters. The van der Waals surface area contributed by atoms with Crippen LogP contribution in [0.1, 0.15) is 25.3 Å². The Labute approximate surface area is 116 Å². The van der Waals surface area contributed by atoms with E-state index in [0.717, 1.165) is 12.8 Å². The van der Waals surface area contributed by atoms with Gasteiger partial charge in [-0.25, -0.2) is 9.39 Å². The van der Waals surface area contributed by atoms with E-state index < -0.39 is 23.9 Å². The molecular formula is C12H12F3N5O. The van der Waals surface area contributed by atoms with E-state index in [4.69, 9.17) is 0 Å². The molecule has 0 aromatic carbocycles. The number of halogens is 3. The standard InChI is InChI=1S/C12H12F3N5O/c1-2-3-4-19-9-7(5-8(17-9)12(13,14)15)10(21)20-6-16-18-11(19)20/h6H,2-5H2,1H3. The van der Waals surface area contributed by atoms with Crippen LogP contribution in [0.25, 0.3) is 5.78 Å². The van der Waals surface area contributed by atoms with Gasteiger partial charge in [0.1, 0.15) is 17.9 Å². The van der Waals surface area contributed by atoms with E-state index in [0.29, 0.717) is 6.54 Å². The van der Waals surface area contributed by atoms with Gasteiger partial charge in [0, 0.05) is 13.0 Å². The first-order valence-corrected chi connectivity index (χ1v) is 6.53. The smallest absolute Gasteiger partial charge is 0.294 e. The molecule has 2 aromatic rings. The fourth-order valence-corrected chi connectivity index (χ4v) is 2.36. The molecule has 0 radical (unpaired) electrons. The molecule has 0 unspecified atom stereocenters. The molecule has 3 heterocycles. The van der Waals surface area contributed by atoms with E-state index in [2.05, 4.69) is 15.2 Å². The van der Waals surface area contributed by atoms with Crippen molar-refractivity contribution in [3.8, 4) is 0 Å². The van der Waals surface area contributed by atoms with Crippen LogP contribution < -0.4 is 5.56 Å². The van der Waals surface area contributed by atoms with Gasteiger partial charge in [-0.05, 0) is 6.42 Å². The zero-order valence-corrected chi connectivity index (χ0v) is 11.2. The summed E-state index contributed by atoms with van der Waals surface area (Å²) in [7, 11) is 0. The summed E-state index contributed by atoms with van der Waals surface area (Å²) in [5.74, 6) is 0.278. The Kier molecular flexibility index (Phi) is 3.07. The minimum Gasteiger partial charge on any atom is -0.294 e. The van der Waals surface area contributed by atoms with Gasteiger partial charge in [-0.15, -0.1) is 10.2 Å². The SMILES string of the molecule is CCCCn1c2c(c(=O)n3cnnc13)CC(C(F)(F)F)=N2. The predicted octanol–water partition coefficient (Wildman–Crippen LogP) is 1.88. The van der Waals surface area contributed by atoms with Gasteiger partial charge in [0.15, 0.2) is 0 Å². The molecule has 0 fully saturated rings. The number of nitrogens with zero attached hydrogens (tertiary/aromatic N) is 5. The summed E-state index contributed by atoms with van der Waals surface area (Å²) in [6.07, 6.45) is -2.22. The molecule has 0 N–H and O–H groups in total. The first-order chi connectivity index (χ1) is 9.93. The Bertz CT molecular complexity index is 787. The molecule has 1 aliphatic rings. The van der Waals surface area contributed by atoms with E-state index in [9.17, 15) is 18.0 Å². The van der Waals surface area contributed by atoms with E-state index in [-0.39, 0.29) is 17.2 Å². The maximum Gasteiger partial charge on any atom is 0.429 e. The van der Waals surface area contributed by atoms with Crippen molar-refractivity contribution in [2.45, 2.75) is 38.9 Å². The lowest BCUT2D eigenvalue weighted by Gasteiger charge is -2.11. The van der Waals surface area contributed by atoms with E-state index in [1.807, 2.05) is 6.92 Å². The second-order valence-electron chi connectivity index (χ2n) is 4.85. The van der Waals surface area contributed by atoms with Crippen LogP contribution in [0.3, 0.4) is 0 Å². The largest absolute Gasteiger partial charge is 0.429 e. The van der Waals surface area contributed by atoms with Gasteiger partial charge < -0.3 is 0 Å². The van der Waals surface area contributed by atoms with Gasteiger partial charge in [-0.3, -0.25) is 9.36 Å². The van der Waals surface area contributed by atoms with Crippen molar-refractivity contribution in [3.63, 3.8) is 0 Å². The maximum atomic E-state index is 12.8. The van der Waals surface area contributed by atoms with Gasteiger partial charge in [0.25, 0.3) is 5.56 Å². The van der Waals surface area contributed by atoms with E-state index in [1.165, 1.54) is 15.3 Å². The maximum absolute atomic E-state index is 12.8. The fourth-order valence-electron chi connectivity index (χ4n) is 2.36. The molecule has 9 heteroatoms. The Hall–Kier alpha value is -2.19. The van der Waals surface area contributed by atoms with Crippen LogP contribution in [0.5, 0.6) is 0 Å². The summed E-state index contributed by atoms with van der Waals surface area (Å²) in [5.41, 5.74) is -1.44. The molecule has 0 amide bonds. The quantitative estimate of drug-likeness (QED) is 0.869. The van der Waals surface area contributed by atoms with Crippen LogP contribution in [0.2, 0.25) is 0 Å². The summed E-state index contributed by atoms with van der Waals surface area (Å²) in [6, 6.07) is 0. The third kappa shape index (κ3) is 2.12. The minimum atomic E-state index is -4.53. The average molecular weight is 299 g/mol. The third-order valence-corrected chi connectivity index (χ3v) is 3.42. The number of hydrogen-bond acceptors (Lipinski definition) is 4. The van der Waals surface area contributed by atoms with Crippen molar-refractivity contribution in [1.82, 2.24) is 19.2 Å². The fraction of sp³-hybridized carbons (Fsp3) is 0.500. The molecular weight excluding hydrogens is 287 g/mol. The molecule has 3 rings (SSSR count). The van der Waals surface area contributed by atoms with Crippen molar-refractivity contribution < 1.29 is 13.2 Å². The van der Waals surface area contributed by atoms with Crippen molar-refractivity contribution in [3.05, 3.63) is 22.2 Å². The topological polar surface area (TPSA) is 64.5 Å². The monoisotopic (exact) mass is 299 g/mol. The van der Waals surface area contributed by atoms with E-state index >= 15 is 0 Å². The van der Waals surface area contributed by atoms with Crippen LogP contribution in [-0.2, 0) is 13.0 Å². The Balaban J connectivity index is 2.24. The highest BCUT2D eigenvalue weighted by molar-refractivity contribution is 5.97. The highest BCUT2D eigenvalue weighted by Crippen LogP contribution is 2.32. The number of fused-ring (bicyclic) bond motifs is 2. The van der Waals surface area contributed by atoms with Crippen LogP contribution >= 0.6 is 0 Å². The molecule has 2 aromatic heterocycles. The molecule has 1 aliphatic heterocycles. The molecule has 112 valence electrons. The molecule has 0 aliphatic carbocycles. The predicted molar refractivity (Wildman–Crippen MR) is 69.0 cm³/mol. The van der Waals surface area contributed by atoms with Crippen molar-refractivity contribution in [2.75, 3.05) is 0 Å². The first kappa shape index (κ1) is 13.8. The lowest BCUT2D eigenvalue weighted by Crippen LogP contribution is -2.26. The average Bonchev–Trinajstić information content (AvgIpc) is 3.04. The number of hydrogen-bond donors (Lipinski definition) is 0. The summed E-state index contributed by atoms with van der Waals surface area (Å²) in [6.45, 7) is 2.41. The second kappa shape index (κ2) is 4.68. The normalized spacial score (nSPS) is 14.6. The van der Waals surface area contributed by atoms with Crippen molar-refractivity contribution in [1.29, 1.82) is 0 Å². The van der Waals surface area contributed by atoms with Gasteiger partial charge in [0.2, 0.25) is 5.78 Å². The zero-order chi connectivity index (χ0) is 15.2. The van der Waals surface area contributed by atoms with Gasteiger partial charge in [0.05, 0.1) is 5.56 Å². The number of rotatable bonds is 3. The van der Waals surface area contributed by atoms with Crippen LogP contribution in [0, 0.1) is 0 Å². The molecule has 0 saturated heterocycles. The lowest BCUT2D eigenvalue weighted by molar-refractivity contribution is -0.0597. The van der Waals surface area contributed by atoms with Gasteiger partial charge in [-0.1, -0.05) is 13.3 Å². The lowest BCUT2D eigenvalue weighted by atomic mass is 10.2. The number of aliphatic imine (C=N–C) groups is 1. The number of aryl methyl sites for hydroxylation is 1. The second-order valence-corrected chi connectivity index (χ2v) is 4.85. The van der Waals surface area contributed by atoms with Crippen molar-refractivity contribution >= 4 is 17.3 Å². The molecule has 0 spiro atoms. The van der Waals surface area contributed by atoms with Crippen LogP contribution in [0.4, 0.5) is 19.0 Å². The summed E-state index contributed by atoms with van der Waals surface area (Å²) >= 11 is 0. The Morgan fingerprint density at radius 2 is 2.14 bits per heavy atom. The molecule has 6 nitrogen and oxygen atoms in total. The summed E-state index contributed by atoms with van der Waals surface area (Å²) in [5, 5.41) is 7.48. The zero-order valence-electron chi connectivity index (χ0n) is 11.2. The van der Waals surface area contributed by atoms with Gasteiger partial charge >= 0.3 is 6.18 Å².